The Hall–Kier alpha value is -4.42. The predicted octanol–water partition coefficient (Wildman–Crippen LogP) is 1.01. The Balaban J connectivity index is 1.37. The molecule has 0 radical (unpaired) electrons. The lowest BCUT2D eigenvalue weighted by Gasteiger charge is -2.34. The number of nitrogens with one attached hydrogen (secondary N) is 1. The number of alkyl halides is 3. The molecule has 2 aliphatic rings. The van der Waals surface area contributed by atoms with E-state index in [1.54, 1.807) is 22.5 Å². The van der Waals surface area contributed by atoms with E-state index in [-0.39, 0.29) is 29.7 Å². The maximum Gasteiger partial charge on any atom is 0.417 e. The van der Waals surface area contributed by atoms with E-state index in [0.29, 0.717) is 70.4 Å². The zero-order valence-corrected chi connectivity index (χ0v) is 22.9. The first-order valence-corrected chi connectivity index (χ1v) is 13.4. The van der Waals surface area contributed by atoms with Crippen LogP contribution in [-0.2, 0) is 27.0 Å². The zero-order chi connectivity index (χ0) is 29.9. The number of amides is 2. The van der Waals surface area contributed by atoms with Gasteiger partial charge in [0.2, 0.25) is 5.91 Å². The number of halogens is 3. The molecule has 15 heteroatoms. The first kappa shape index (κ1) is 29.1. The SMILES string of the molecule is CC#CC(=O)NCC(=O)N1CCN(Cc2cc3c(N4CCOCC4)nc(-c4cnc(N)cc4C(F)(F)F)nn3c2)CC1. The molecular weight excluding hydrogens is 555 g/mol. The van der Waals surface area contributed by atoms with Crippen molar-refractivity contribution in [3.63, 3.8) is 0 Å². The topological polar surface area (TPSA) is 134 Å². The van der Waals surface area contributed by atoms with E-state index in [1.165, 1.54) is 0 Å². The maximum absolute atomic E-state index is 13.9. The number of carbonyl (C=O) groups excluding carboxylic acids is 2. The van der Waals surface area contributed by atoms with Gasteiger partial charge < -0.3 is 25.6 Å². The summed E-state index contributed by atoms with van der Waals surface area (Å²) in [6.45, 7) is 6.19. The Morgan fingerprint density at radius 2 is 1.86 bits per heavy atom. The monoisotopic (exact) mass is 585 g/mol. The van der Waals surface area contributed by atoms with Crippen LogP contribution < -0.4 is 16.0 Å². The second-order valence-electron chi connectivity index (χ2n) is 9.90. The minimum absolute atomic E-state index is 0.108. The van der Waals surface area contributed by atoms with Gasteiger partial charge in [-0.25, -0.2) is 14.5 Å². The van der Waals surface area contributed by atoms with Crippen LogP contribution in [0.15, 0.2) is 24.5 Å². The number of ether oxygens (including phenoxy) is 1. The number of morpholine rings is 1. The molecule has 2 fully saturated rings. The third-order valence-electron chi connectivity index (χ3n) is 7.05. The second-order valence-corrected chi connectivity index (χ2v) is 9.90. The Kier molecular flexibility index (Phi) is 8.46. The molecule has 3 aromatic rings. The lowest BCUT2D eigenvalue weighted by Crippen LogP contribution is -2.50. The lowest BCUT2D eigenvalue weighted by molar-refractivity contribution is -0.137. The fourth-order valence-corrected chi connectivity index (χ4v) is 4.97. The van der Waals surface area contributed by atoms with Crippen LogP contribution in [0.2, 0.25) is 0 Å². The Morgan fingerprint density at radius 1 is 1.12 bits per heavy atom. The summed E-state index contributed by atoms with van der Waals surface area (Å²) in [6, 6.07) is 2.72. The van der Waals surface area contributed by atoms with Crippen molar-refractivity contribution < 1.29 is 27.5 Å². The van der Waals surface area contributed by atoms with Crippen LogP contribution in [0.25, 0.3) is 16.9 Å². The van der Waals surface area contributed by atoms with Crippen LogP contribution in [0.4, 0.5) is 24.8 Å². The van der Waals surface area contributed by atoms with Crippen molar-refractivity contribution in [1.29, 1.82) is 0 Å². The summed E-state index contributed by atoms with van der Waals surface area (Å²) >= 11 is 0. The molecule has 12 nitrogen and oxygen atoms in total. The Bertz CT molecular complexity index is 1530. The summed E-state index contributed by atoms with van der Waals surface area (Å²) in [5, 5.41) is 6.95. The molecule has 42 heavy (non-hydrogen) atoms. The first-order chi connectivity index (χ1) is 20.1. The van der Waals surface area contributed by atoms with E-state index >= 15 is 0 Å². The van der Waals surface area contributed by atoms with Crippen LogP contribution in [0.3, 0.4) is 0 Å². The molecule has 3 aromatic heterocycles. The molecule has 5 rings (SSSR count). The first-order valence-electron chi connectivity index (χ1n) is 13.4. The standard InChI is InChI=1S/C27H30F3N9O3/c1-2-3-23(40)33-15-24(41)37-6-4-36(5-7-37)16-18-12-21-26(38-8-10-42-11-9-38)34-25(35-39(21)17-18)19-14-32-22(31)13-20(19)27(28,29)30/h12-14,17H,4-11,15-16H2,1H3,(H2,31,32)(H,33,40). The minimum Gasteiger partial charge on any atom is -0.384 e. The second kappa shape index (κ2) is 12.2. The smallest absolute Gasteiger partial charge is 0.384 e. The van der Waals surface area contributed by atoms with Gasteiger partial charge in [0.25, 0.3) is 5.91 Å². The molecule has 2 aliphatic heterocycles. The summed E-state index contributed by atoms with van der Waals surface area (Å²) in [5.74, 6) is 4.30. The molecule has 222 valence electrons. The van der Waals surface area contributed by atoms with Crippen molar-refractivity contribution in [2.24, 2.45) is 0 Å². The van der Waals surface area contributed by atoms with Gasteiger partial charge in [-0.15, -0.1) is 5.10 Å². The molecule has 2 amide bonds. The van der Waals surface area contributed by atoms with Crippen molar-refractivity contribution in [2.45, 2.75) is 19.6 Å². The molecule has 3 N–H and O–H groups in total. The van der Waals surface area contributed by atoms with Crippen molar-refractivity contribution >= 4 is 29.0 Å². The number of aromatic nitrogens is 4. The van der Waals surface area contributed by atoms with E-state index in [1.807, 2.05) is 11.0 Å². The number of carbonyl (C=O) groups is 2. The van der Waals surface area contributed by atoms with Gasteiger partial charge in [0.1, 0.15) is 11.3 Å². The summed E-state index contributed by atoms with van der Waals surface area (Å²) in [6.07, 6.45) is -1.84. The van der Waals surface area contributed by atoms with Crippen LogP contribution in [-0.4, -0.2) is 100 Å². The molecule has 2 saturated heterocycles. The van der Waals surface area contributed by atoms with Crippen molar-refractivity contribution in [1.82, 2.24) is 34.7 Å². The quantitative estimate of drug-likeness (QED) is 0.407. The van der Waals surface area contributed by atoms with E-state index in [9.17, 15) is 22.8 Å². The van der Waals surface area contributed by atoms with E-state index in [4.69, 9.17) is 10.5 Å². The number of nitrogen functional groups attached to an aromatic ring is 1. The Morgan fingerprint density at radius 3 is 2.55 bits per heavy atom. The zero-order valence-electron chi connectivity index (χ0n) is 22.9. The Labute approximate surface area is 239 Å². The number of nitrogens with two attached hydrogens (primary N) is 1. The van der Waals surface area contributed by atoms with Crippen molar-refractivity contribution in [3.05, 3.63) is 35.7 Å². The van der Waals surface area contributed by atoms with Crippen LogP contribution in [0.1, 0.15) is 18.1 Å². The highest BCUT2D eigenvalue weighted by atomic mass is 19.4. The van der Waals surface area contributed by atoms with Gasteiger partial charge in [-0.05, 0) is 30.5 Å². The molecule has 0 unspecified atom stereocenters. The summed E-state index contributed by atoms with van der Waals surface area (Å²) < 4.78 is 48.7. The number of pyridine rings is 1. The molecule has 0 atom stereocenters. The molecular formula is C27H30F3N9O3. The van der Waals surface area contributed by atoms with E-state index < -0.39 is 17.6 Å². The third-order valence-corrected chi connectivity index (χ3v) is 7.05. The highest BCUT2D eigenvalue weighted by Gasteiger charge is 2.35. The highest BCUT2D eigenvalue weighted by Crippen LogP contribution is 2.37. The fourth-order valence-electron chi connectivity index (χ4n) is 4.97. The van der Waals surface area contributed by atoms with E-state index in [2.05, 4.69) is 37.1 Å². The molecule has 0 saturated carbocycles. The van der Waals surface area contributed by atoms with Gasteiger partial charge in [-0.2, -0.15) is 13.2 Å². The van der Waals surface area contributed by atoms with Gasteiger partial charge in [-0.3, -0.25) is 14.5 Å². The van der Waals surface area contributed by atoms with Crippen molar-refractivity contribution in [2.75, 3.05) is 69.7 Å². The number of nitrogens with zero attached hydrogens (tertiary/aromatic N) is 7. The van der Waals surface area contributed by atoms with Gasteiger partial charge in [-0.1, -0.05) is 5.92 Å². The largest absolute Gasteiger partial charge is 0.417 e. The summed E-state index contributed by atoms with van der Waals surface area (Å²) in [7, 11) is 0. The minimum atomic E-state index is -4.68. The molecule has 0 aliphatic carbocycles. The number of anilines is 2. The highest BCUT2D eigenvalue weighted by molar-refractivity contribution is 5.95. The number of fused-ring (bicyclic) bond motifs is 1. The fraction of sp³-hybridized carbons (Fsp3) is 0.444. The average molecular weight is 586 g/mol. The van der Waals surface area contributed by atoms with E-state index in [0.717, 1.165) is 17.8 Å². The molecule has 0 aromatic carbocycles. The normalized spacial score (nSPS) is 16.3. The average Bonchev–Trinajstić information content (AvgIpc) is 3.38. The van der Waals surface area contributed by atoms with Gasteiger partial charge in [0.15, 0.2) is 11.6 Å². The van der Waals surface area contributed by atoms with Crippen LogP contribution in [0.5, 0.6) is 0 Å². The third kappa shape index (κ3) is 6.55. The van der Waals surface area contributed by atoms with Gasteiger partial charge >= 0.3 is 6.18 Å². The van der Waals surface area contributed by atoms with Crippen LogP contribution >= 0.6 is 0 Å². The molecule has 5 heterocycles. The lowest BCUT2D eigenvalue weighted by atomic mass is 10.1. The molecule has 0 spiro atoms. The van der Waals surface area contributed by atoms with Crippen molar-refractivity contribution in [3.8, 4) is 23.2 Å². The summed E-state index contributed by atoms with van der Waals surface area (Å²) in [5.41, 5.74) is 5.90. The number of hydrogen-bond donors (Lipinski definition) is 2. The van der Waals surface area contributed by atoms with Gasteiger partial charge in [0.05, 0.1) is 30.9 Å². The number of hydrogen-bond acceptors (Lipinski definition) is 9. The number of piperazine rings is 1. The molecule has 0 bridgehead atoms. The van der Waals surface area contributed by atoms with Gasteiger partial charge in [0, 0.05) is 58.2 Å². The number of rotatable bonds is 6. The predicted molar refractivity (Wildman–Crippen MR) is 147 cm³/mol. The maximum atomic E-state index is 13.9. The van der Waals surface area contributed by atoms with Crippen LogP contribution in [0, 0.1) is 11.8 Å². The summed E-state index contributed by atoms with van der Waals surface area (Å²) in [4.78, 5) is 38.3.